The molecule has 5 heteroatoms. The molecule has 0 radical (unpaired) electrons. The van der Waals surface area contributed by atoms with Crippen molar-refractivity contribution >= 4 is 5.91 Å². The van der Waals surface area contributed by atoms with Crippen LogP contribution in [0.2, 0.25) is 0 Å². The fraction of sp³-hybridized carbons (Fsp3) is 0.421. The lowest BCUT2D eigenvalue weighted by Gasteiger charge is -2.22. The maximum atomic E-state index is 12.2. The number of hydrogen-bond acceptors (Lipinski definition) is 3. The molecule has 24 heavy (non-hydrogen) atoms. The predicted octanol–water partition coefficient (Wildman–Crippen LogP) is 2.67. The zero-order chi connectivity index (χ0) is 16.9. The molecule has 1 saturated carbocycles. The smallest absolute Gasteiger partial charge is 0.267 e. The van der Waals surface area contributed by atoms with Gasteiger partial charge in [-0.05, 0) is 31.4 Å². The highest BCUT2D eigenvalue weighted by Crippen LogP contribution is 2.19. The van der Waals surface area contributed by atoms with Gasteiger partial charge in [0.1, 0.15) is 6.54 Å². The molecule has 1 fully saturated rings. The minimum Gasteiger partial charge on any atom is -0.352 e. The van der Waals surface area contributed by atoms with Crippen LogP contribution in [0.5, 0.6) is 0 Å². The maximum Gasteiger partial charge on any atom is 0.267 e. The number of nitrogens with zero attached hydrogens (tertiary/aromatic N) is 2. The first kappa shape index (κ1) is 16.4. The average molecular weight is 325 g/mol. The van der Waals surface area contributed by atoms with E-state index in [1.165, 1.54) is 17.2 Å². The summed E-state index contributed by atoms with van der Waals surface area (Å²) in [5.41, 5.74) is 2.50. The van der Waals surface area contributed by atoms with Crippen molar-refractivity contribution in [2.75, 3.05) is 0 Å². The number of aromatic nitrogens is 2. The lowest BCUT2D eigenvalue weighted by molar-refractivity contribution is -0.122. The van der Waals surface area contributed by atoms with E-state index < -0.39 is 0 Å². The van der Waals surface area contributed by atoms with E-state index in [-0.39, 0.29) is 24.1 Å². The highest BCUT2D eigenvalue weighted by Gasteiger charge is 2.16. The number of carbonyl (C=O) groups excluding carboxylic acids is 1. The summed E-state index contributed by atoms with van der Waals surface area (Å²) in [6.07, 6.45) is 5.61. The summed E-state index contributed by atoms with van der Waals surface area (Å²) >= 11 is 0. The Labute approximate surface area is 141 Å². The number of amides is 1. The summed E-state index contributed by atoms with van der Waals surface area (Å²) in [5, 5.41) is 7.41. The second-order valence-corrected chi connectivity index (χ2v) is 6.43. The standard InChI is InChI=1S/C19H23N3O2/c1-14-7-5-6-10-16(14)17-11-12-19(24)22(21-17)13-18(23)20-15-8-3-2-4-9-15/h5-7,10-12,15H,2-4,8-9,13H2,1H3,(H,20,23). The van der Waals surface area contributed by atoms with Crippen LogP contribution >= 0.6 is 0 Å². The van der Waals surface area contributed by atoms with Crippen molar-refractivity contribution in [3.63, 3.8) is 0 Å². The van der Waals surface area contributed by atoms with Crippen LogP contribution in [0.4, 0.5) is 0 Å². The fourth-order valence-electron chi connectivity index (χ4n) is 3.22. The monoisotopic (exact) mass is 325 g/mol. The predicted molar refractivity (Wildman–Crippen MR) is 93.7 cm³/mol. The molecule has 1 aliphatic carbocycles. The summed E-state index contributed by atoms with van der Waals surface area (Å²) in [6, 6.07) is 11.3. The Bertz CT molecular complexity index is 776. The van der Waals surface area contributed by atoms with Gasteiger partial charge in [-0.25, -0.2) is 4.68 Å². The van der Waals surface area contributed by atoms with Crippen LogP contribution in [0, 0.1) is 6.92 Å². The molecule has 2 aromatic rings. The van der Waals surface area contributed by atoms with Crippen LogP contribution in [0.1, 0.15) is 37.7 Å². The zero-order valence-electron chi connectivity index (χ0n) is 14.0. The second-order valence-electron chi connectivity index (χ2n) is 6.43. The minimum atomic E-state index is -0.258. The van der Waals surface area contributed by atoms with Crippen molar-refractivity contribution in [2.45, 2.75) is 51.6 Å². The van der Waals surface area contributed by atoms with Gasteiger partial charge in [0.05, 0.1) is 5.69 Å². The van der Waals surface area contributed by atoms with E-state index >= 15 is 0 Å². The lowest BCUT2D eigenvalue weighted by Crippen LogP contribution is -2.40. The highest BCUT2D eigenvalue weighted by molar-refractivity contribution is 5.76. The van der Waals surface area contributed by atoms with Crippen molar-refractivity contribution in [3.05, 3.63) is 52.3 Å². The van der Waals surface area contributed by atoms with Gasteiger partial charge < -0.3 is 5.32 Å². The molecule has 0 bridgehead atoms. The molecular formula is C19H23N3O2. The first-order valence-corrected chi connectivity index (χ1v) is 8.57. The van der Waals surface area contributed by atoms with Crippen molar-refractivity contribution in [3.8, 4) is 11.3 Å². The van der Waals surface area contributed by atoms with Gasteiger partial charge in [0.2, 0.25) is 5.91 Å². The second kappa shape index (κ2) is 7.43. The number of nitrogens with one attached hydrogen (secondary N) is 1. The van der Waals surface area contributed by atoms with E-state index in [4.69, 9.17) is 0 Å². The fourth-order valence-corrected chi connectivity index (χ4v) is 3.22. The molecule has 5 nitrogen and oxygen atoms in total. The van der Waals surface area contributed by atoms with Crippen molar-refractivity contribution in [1.29, 1.82) is 0 Å². The van der Waals surface area contributed by atoms with Gasteiger partial charge >= 0.3 is 0 Å². The topological polar surface area (TPSA) is 64.0 Å². The Hall–Kier alpha value is -2.43. The van der Waals surface area contributed by atoms with Crippen LogP contribution in [0.25, 0.3) is 11.3 Å². The highest BCUT2D eigenvalue weighted by atomic mass is 16.2. The lowest BCUT2D eigenvalue weighted by atomic mass is 9.95. The van der Waals surface area contributed by atoms with Gasteiger partial charge in [-0.15, -0.1) is 0 Å². The Morgan fingerprint density at radius 1 is 1.17 bits per heavy atom. The third kappa shape index (κ3) is 3.91. The molecule has 1 aromatic carbocycles. The Morgan fingerprint density at radius 3 is 2.67 bits per heavy atom. The molecule has 0 atom stereocenters. The summed E-state index contributed by atoms with van der Waals surface area (Å²) in [7, 11) is 0. The summed E-state index contributed by atoms with van der Waals surface area (Å²) in [6.45, 7) is 1.97. The van der Waals surface area contributed by atoms with E-state index in [0.717, 1.165) is 36.8 Å². The van der Waals surface area contributed by atoms with E-state index in [2.05, 4.69) is 10.4 Å². The van der Waals surface area contributed by atoms with Crippen LogP contribution in [-0.4, -0.2) is 21.7 Å². The summed E-state index contributed by atoms with van der Waals surface area (Å²) in [4.78, 5) is 24.3. The maximum absolute atomic E-state index is 12.2. The number of aryl methyl sites for hydroxylation is 1. The average Bonchev–Trinajstić information content (AvgIpc) is 2.58. The number of hydrogen-bond donors (Lipinski definition) is 1. The molecule has 126 valence electrons. The first-order valence-electron chi connectivity index (χ1n) is 8.57. The van der Waals surface area contributed by atoms with Crippen molar-refractivity contribution in [1.82, 2.24) is 15.1 Å². The third-order valence-corrected chi connectivity index (χ3v) is 4.55. The molecule has 0 aliphatic heterocycles. The molecule has 1 heterocycles. The number of rotatable bonds is 4. The molecule has 3 rings (SSSR count). The van der Waals surface area contributed by atoms with Crippen molar-refractivity contribution < 1.29 is 4.79 Å². The van der Waals surface area contributed by atoms with E-state index in [1.807, 2.05) is 31.2 Å². The van der Waals surface area contributed by atoms with Gasteiger partial charge in [-0.2, -0.15) is 5.10 Å². The van der Waals surface area contributed by atoms with Crippen molar-refractivity contribution in [2.24, 2.45) is 0 Å². The normalized spacial score (nSPS) is 15.2. The molecule has 1 aliphatic rings. The molecule has 1 amide bonds. The Balaban J connectivity index is 1.75. The largest absolute Gasteiger partial charge is 0.352 e. The summed E-state index contributed by atoms with van der Waals surface area (Å²) < 4.78 is 1.25. The summed E-state index contributed by atoms with van der Waals surface area (Å²) in [5.74, 6) is -0.140. The van der Waals surface area contributed by atoms with Crippen LogP contribution < -0.4 is 10.9 Å². The molecule has 0 saturated heterocycles. The van der Waals surface area contributed by atoms with Crippen LogP contribution in [-0.2, 0) is 11.3 Å². The molecule has 1 aromatic heterocycles. The quantitative estimate of drug-likeness (QED) is 0.940. The number of benzene rings is 1. The van der Waals surface area contributed by atoms with Crippen LogP contribution in [0.3, 0.4) is 0 Å². The molecule has 0 spiro atoms. The Morgan fingerprint density at radius 2 is 1.92 bits per heavy atom. The SMILES string of the molecule is Cc1ccccc1-c1ccc(=O)n(CC(=O)NC2CCCCC2)n1. The number of carbonyl (C=O) groups is 1. The first-order chi connectivity index (χ1) is 11.6. The molecule has 0 unspecified atom stereocenters. The van der Waals surface area contributed by atoms with E-state index in [1.54, 1.807) is 6.07 Å². The van der Waals surface area contributed by atoms with Crippen LogP contribution in [0.15, 0.2) is 41.2 Å². The van der Waals surface area contributed by atoms with E-state index in [9.17, 15) is 9.59 Å². The third-order valence-electron chi connectivity index (χ3n) is 4.55. The van der Waals surface area contributed by atoms with Gasteiger partial charge in [-0.1, -0.05) is 43.5 Å². The molecular weight excluding hydrogens is 302 g/mol. The van der Waals surface area contributed by atoms with Gasteiger partial charge in [0.25, 0.3) is 5.56 Å². The van der Waals surface area contributed by atoms with Gasteiger partial charge in [0.15, 0.2) is 0 Å². The molecule has 1 N–H and O–H groups in total. The van der Waals surface area contributed by atoms with E-state index in [0.29, 0.717) is 5.69 Å². The van der Waals surface area contributed by atoms with Gasteiger partial charge in [-0.3, -0.25) is 9.59 Å². The Kier molecular flexibility index (Phi) is 5.08. The zero-order valence-corrected chi connectivity index (χ0v) is 14.0. The van der Waals surface area contributed by atoms with Gasteiger partial charge in [0, 0.05) is 17.7 Å². The minimum absolute atomic E-state index is 0.0327.